The van der Waals surface area contributed by atoms with Crippen molar-refractivity contribution in [3.8, 4) is 0 Å². The first-order valence-electron chi connectivity index (χ1n) is 9.95. The summed E-state index contributed by atoms with van der Waals surface area (Å²) in [5.74, 6) is -0.982. The molecule has 3 rings (SSSR count). The van der Waals surface area contributed by atoms with Crippen molar-refractivity contribution >= 4 is 28.8 Å². The molecule has 2 aromatic rings. The lowest BCUT2D eigenvalue weighted by Gasteiger charge is -2.31. The molecule has 1 aliphatic rings. The van der Waals surface area contributed by atoms with Crippen LogP contribution in [0.1, 0.15) is 46.9 Å². The second kappa shape index (κ2) is 11.1. The fourth-order valence-corrected chi connectivity index (χ4v) is 4.42. The van der Waals surface area contributed by atoms with E-state index in [-0.39, 0.29) is 24.2 Å². The van der Waals surface area contributed by atoms with Crippen LogP contribution in [0, 0.1) is 5.82 Å². The largest absolute Gasteiger partial charge is 0.760 e. The highest BCUT2D eigenvalue weighted by Crippen LogP contribution is 2.31. The van der Waals surface area contributed by atoms with E-state index in [0.717, 1.165) is 31.5 Å². The van der Waals surface area contributed by atoms with Gasteiger partial charge in [-0.25, -0.2) is 13.5 Å². The highest BCUT2D eigenvalue weighted by atomic mass is 35.5. The van der Waals surface area contributed by atoms with Crippen molar-refractivity contribution in [3.63, 3.8) is 0 Å². The predicted octanol–water partition coefficient (Wildman–Crippen LogP) is 3.48. The van der Waals surface area contributed by atoms with Crippen LogP contribution in [0.5, 0.6) is 0 Å². The van der Waals surface area contributed by atoms with Gasteiger partial charge >= 0.3 is 5.97 Å². The lowest BCUT2D eigenvalue weighted by molar-refractivity contribution is 0.0600. The van der Waals surface area contributed by atoms with Crippen LogP contribution in [0.15, 0.2) is 36.5 Å². The number of hydrogen-bond acceptors (Lipinski definition) is 6. The van der Waals surface area contributed by atoms with Crippen LogP contribution in [0.2, 0.25) is 5.02 Å². The minimum Gasteiger partial charge on any atom is -0.760 e. The molecule has 0 amide bonds. The molecule has 2 atom stereocenters. The summed E-state index contributed by atoms with van der Waals surface area (Å²) >= 11 is 3.53. The molecule has 0 aliphatic carbocycles. The van der Waals surface area contributed by atoms with E-state index >= 15 is 0 Å². The van der Waals surface area contributed by atoms with Crippen LogP contribution in [0.25, 0.3) is 0 Å². The number of nitrogens with zero attached hydrogens (tertiary/aromatic N) is 3. The maximum atomic E-state index is 13.6. The normalized spacial score (nSPS) is 16.4. The smallest absolute Gasteiger partial charge is 0.339 e. The first-order chi connectivity index (χ1) is 14.9. The van der Waals surface area contributed by atoms with Crippen molar-refractivity contribution in [2.24, 2.45) is 0 Å². The molecule has 0 spiro atoms. The predicted molar refractivity (Wildman–Crippen MR) is 114 cm³/mol. The molecule has 2 unspecified atom stereocenters. The number of ether oxygens (including phenoxy) is 1. The first kappa shape index (κ1) is 23.7. The van der Waals surface area contributed by atoms with Gasteiger partial charge < -0.3 is 9.29 Å². The zero-order valence-electron chi connectivity index (χ0n) is 17.1. The third kappa shape index (κ3) is 6.30. The summed E-state index contributed by atoms with van der Waals surface area (Å²) in [5, 5.41) is 0.0563. The van der Waals surface area contributed by atoms with E-state index in [0.29, 0.717) is 17.7 Å². The van der Waals surface area contributed by atoms with Crippen LogP contribution in [0.3, 0.4) is 0 Å². The number of halogens is 2. The Morgan fingerprint density at radius 3 is 2.68 bits per heavy atom. The van der Waals surface area contributed by atoms with Crippen LogP contribution < -0.4 is 0 Å². The molecule has 1 fully saturated rings. The van der Waals surface area contributed by atoms with Gasteiger partial charge in [-0.3, -0.25) is 14.1 Å². The average molecular weight is 469 g/mol. The molecule has 1 aromatic carbocycles. The Morgan fingerprint density at radius 1 is 1.35 bits per heavy atom. The molecular formula is C21H24ClFN3O4S-. The topological polar surface area (TPSA) is 85.8 Å². The first-order valence-corrected chi connectivity index (χ1v) is 11.4. The van der Waals surface area contributed by atoms with Crippen molar-refractivity contribution in [2.45, 2.75) is 31.8 Å². The van der Waals surface area contributed by atoms with E-state index in [9.17, 15) is 17.9 Å². The van der Waals surface area contributed by atoms with E-state index in [4.69, 9.17) is 11.6 Å². The van der Waals surface area contributed by atoms with Gasteiger partial charge in [-0.05, 0) is 62.2 Å². The number of benzene rings is 1. The molecule has 0 N–H and O–H groups in total. The number of aromatic nitrogens is 1. The maximum Gasteiger partial charge on any atom is 0.339 e. The molecule has 2 heterocycles. The summed E-state index contributed by atoms with van der Waals surface area (Å²) < 4.78 is 43.2. The van der Waals surface area contributed by atoms with Crippen LogP contribution >= 0.6 is 11.6 Å². The fourth-order valence-electron chi connectivity index (χ4n) is 3.74. The van der Waals surface area contributed by atoms with Gasteiger partial charge in [-0.15, -0.1) is 0 Å². The van der Waals surface area contributed by atoms with Gasteiger partial charge in [0.15, 0.2) is 0 Å². The molecule has 7 nitrogen and oxygen atoms in total. The maximum absolute atomic E-state index is 13.6. The second-order valence-corrected chi connectivity index (χ2v) is 8.69. The summed E-state index contributed by atoms with van der Waals surface area (Å²) in [6, 6.07) is 7.75. The van der Waals surface area contributed by atoms with E-state index in [2.05, 4.69) is 14.6 Å². The quantitative estimate of drug-likeness (QED) is 0.413. The molecule has 31 heavy (non-hydrogen) atoms. The molecular weight excluding hydrogens is 445 g/mol. The van der Waals surface area contributed by atoms with Gasteiger partial charge in [0.2, 0.25) is 0 Å². The van der Waals surface area contributed by atoms with Crippen molar-refractivity contribution < 1.29 is 22.7 Å². The Morgan fingerprint density at radius 2 is 2.10 bits per heavy atom. The lowest BCUT2D eigenvalue weighted by atomic mass is 10.0. The summed E-state index contributed by atoms with van der Waals surface area (Å²) in [4.78, 5) is 18.0. The summed E-state index contributed by atoms with van der Waals surface area (Å²) in [6.07, 6.45) is 4.02. The number of carbonyl (C=O) groups excluding carboxylic acids is 1. The zero-order valence-corrected chi connectivity index (χ0v) is 18.7. The van der Waals surface area contributed by atoms with Gasteiger partial charge in [-0.2, -0.15) is 0 Å². The Labute approximate surface area is 188 Å². The van der Waals surface area contributed by atoms with Crippen LogP contribution in [-0.2, 0) is 22.5 Å². The number of carbonyl (C=O) groups is 1. The van der Waals surface area contributed by atoms with Gasteiger partial charge in [-0.1, -0.05) is 17.7 Å². The van der Waals surface area contributed by atoms with Gasteiger partial charge in [0.1, 0.15) is 5.82 Å². The van der Waals surface area contributed by atoms with Crippen molar-refractivity contribution in [3.05, 3.63) is 64.2 Å². The molecule has 1 saturated heterocycles. The Balaban J connectivity index is 1.71. The third-order valence-corrected chi connectivity index (χ3v) is 6.38. The molecule has 0 radical (unpaired) electrons. The van der Waals surface area contributed by atoms with E-state index < -0.39 is 23.1 Å². The van der Waals surface area contributed by atoms with E-state index in [1.54, 1.807) is 24.3 Å². The Hall–Kier alpha value is -1.91. The fraction of sp³-hybridized carbons (Fsp3) is 0.429. The van der Waals surface area contributed by atoms with Crippen molar-refractivity contribution in [2.75, 3.05) is 26.7 Å². The van der Waals surface area contributed by atoms with Crippen molar-refractivity contribution in [1.82, 2.24) is 14.2 Å². The second-order valence-electron chi connectivity index (χ2n) is 7.33. The summed E-state index contributed by atoms with van der Waals surface area (Å²) in [5.41, 5.74) is 1.67. The summed E-state index contributed by atoms with van der Waals surface area (Å²) in [6.45, 7) is 2.13. The molecule has 10 heteroatoms. The molecule has 168 valence electrons. The highest BCUT2D eigenvalue weighted by Gasteiger charge is 2.25. The number of pyridine rings is 1. The van der Waals surface area contributed by atoms with Crippen molar-refractivity contribution in [1.29, 1.82) is 0 Å². The molecule has 1 aromatic heterocycles. The van der Waals surface area contributed by atoms with Crippen LogP contribution in [0.4, 0.5) is 4.39 Å². The number of rotatable bonds is 9. The van der Waals surface area contributed by atoms with Gasteiger partial charge in [0.05, 0.1) is 29.9 Å². The van der Waals surface area contributed by atoms with Gasteiger partial charge in [0.25, 0.3) is 0 Å². The molecule has 0 bridgehead atoms. The van der Waals surface area contributed by atoms with Gasteiger partial charge in [0, 0.05) is 30.0 Å². The van der Waals surface area contributed by atoms with E-state index in [1.807, 2.05) is 0 Å². The number of likely N-dealkylation sites (tertiary alicyclic amines) is 1. The lowest BCUT2D eigenvalue weighted by Crippen LogP contribution is -2.32. The third-order valence-electron chi connectivity index (χ3n) is 5.36. The van der Waals surface area contributed by atoms with Crippen LogP contribution in [-0.4, -0.2) is 55.7 Å². The minimum absolute atomic E-state index is 0.0563. The SMILES string of the molecule is COC(=O)c1ccc(CN(CCC(c2ccc(F)c(Cl)c2)N2CCCC2)S(=O)[O-])nc1. The Bertz CT molecular complexity index is 925. The molecule has 1 aliphatic heterocycles. The zero-order chi connectivity index (χ0) is 22.4. The Kier molecular flexibility index (Phi) is 8.50. The number of esters is 1. The van der Waals surface area contributed by atoms with E-state index in [1.165, 1.54) is 23.7 Å². The number of methoxy groups -OCH3 is 1. The highest BCUT2D eigenvalue weighted by molar-refractivity contribution is 7.76. The standard InChI is InChI=1S/C21H25ClFN3O4S/c1-30-21(27)16-4-6-17(24-13-16)14-26(31(28)29)11-8-20(25-9-2-3-10-25)15-5-7-19(23)18(22)12-15/h4-7,12-13,20H,2-3,8-11,14H2,1H3,(H,28,29)/p-1. The summed E-state index contributed by atoms with van der Waals surface area (Å²) in [7, 11) is 1.28. The molecule has 0 saturated carbocycles. The average Bonchev–Trinajstić information content (AvgIpc) is 3.29. The minimum atomic E-state index is -2.45. The monoisotopic (exact) mass is 468 g/mol. The number of hydrogen-bond donors (Lipinski definition) is 0.